The van der Waals surface area contributed by atoms with Crippen LogP contribution in [0, 0.1) is 0 Å². The van der Waals surface area contributed by atoms with E-state index in [1.54, 1.807) is 24.3 Å². The van der Waals surface area contributed by atoms with Crippen molar-refractivity contribution in [2.45, 2.75) is 19.8 Å². The zero-order chi connectivity index (χ0) is 15.2. The van der Waals surface area contributed by atoms with E-state index in [2.05, 4.69) is 0 Å². The van der Waals surface area contributed by atoms with Gasteiger partial charge in [-0.3, -0.25) is 0 Å². The first-order valence-corrected chi connectivity index (χ1v) is 6.66. The largest absolute Gasteiger partial charge is 0.477 e. The van der Waals surface area contributed by atoms with Gasteiger partial charge in [0.2, 0.25) is 0 Å². The highest BCUT2D eigenvalue weighted by Crippen LogP contribution is 2.32. The molecule has 0 amide bonds. The van der Waals surface area contributed by atoms with Crippen LogP contribution in [0.3, 0.4) is 0 Å². The molecule has 0 aliphatic heterocycles. The van der Waals surface area contributed by atoms with Gasteiger partial charge in [-0.1, -0.05) is 25.5 Å². The molecule has 6 nitrogen and oxygen atoms in total. The Morgan fingerprint density at radius 3 is 2.76 bits per heavy atom. The van der Waals surface area contributed by atoms with Gasteiger partial charge in [-0.25, -0.2) is 9.59 Å². The fourth-order valence-electron chi connectivity index (χ4n) is 1.81. The van der Waals surface area contributed by atoms with Gasteiger partial charge in [0.1, 0.15) is 5.58 Å². The zero-order valence-electron chi connectivity index (χ0n) is 11.6. The number of hydrogen-bond acceptors (Lipinski definition) is 5. The zero-order valence-corrected chi connectivity index (χ0v) is 11.6. The van der Waals surface area contributed by atoms with Gasteiger partial charge in [0.25, 0.3) is 5.76 Å². The van der Waals surface area contributed by atoms with E-state index in [0.717, 1.165) is 12.8 Å². The summed E-state index contributed by atoms with van der Waals surface area (Å²) in [4.78, 5) is 22.7. The SMILES string of the molecule is CCCCOC(=O)COc1c(C(=O)O)oc2ccccc12. The van der Waals surface area contributed by atoms with Crippen LogP contribution in [0.2, 0.25) is 0 Å². The summed E-state index contributed by atoms with van der Waals surface area (Å²) in [6.45, 7) is 1.96. The molecule has 0 spiro atoms. The molecule has 2 rings (SSSR count). The predicted molar refractivity (Wildman–Crippen MR) is 74.5 cm³/mol. The number of carboxylic acids is 1. The Morgan fingerprint density at radius 2 is 2.05 bits per heavy atom. The lowest BCUT2D eigenvalue weighted by atomic mass is 10.2. The van der Waals surface area contributed by atoms with E-state index in [4.69, 9.17) is 19.0 Å². The molecular weight excluding hydrogens is 276 g/mol. The molecular formula is C15H16O6. The molecule has 0 radical (unpaired) electrons. The number of ether oxygens (including phenoxy) is 2. The highest BCUT2D eigenvalue weighted by atomic mass is 16.6. The second-order valence-electron chi connectivity index (χ2n) is 4.42. The number of unbranched alkanes of at least 4 members (excludes halogenated alkanes) is 1. The molecule has 21 heavy (non-hydrogen) atoms. The van der Waals surface area contributed by atoms with Crippen molar-refractivity contribution < 1.29 is 28.6 Å². The van der Waals surface area contributed by atoms with Gasteiger partial charge in [-0.15, -0.1) is 0 Å². The van der Waals surface area contributed by atoms with E-state index < -0.39 is 11.9 Å². The van der Waals surface area contributed by atoms with Gasteiger partial charge in [0.15, 0.2) is 12.4 Å². The average molecular weight is 292 g/mol. The van der Waals surface area contributed by atoms with E-state index in [-0.39, 0.29) is 18.1 Å². The number of esters is 1. The lowest BCUT2D eigenvalue weighted by molar-refractivity contribution is -0.146. The molecule has 0 bridgehead atoms. The molecule has 0 saturated heterocycles. The third-order valence-corrected chi connectivity index (χ3v) is 2.84. The van der Waals surface area contributed by atoms with Crippen LogP contribution in [0.5, 0.6) is 5.75 Å². The minimum absolute atomic E-state index is 0.0468. The highest BCUT2D eigenvalue weighted by molar-refractivity contribution is 5.98. The Bertz CT molecular complexity index is 643. The van der Waals surface area contributed by atoms with Crippen LogP contribution in [0.4, 0.5) is 0 Å². The molecule has 0 saturated carbocycles. The third kappa shape index (κ3) is 3.53. The van der Waals surface area contributed by atoms with Crippen molar-refractivity contribution in [1.82, 2.24) is 0 Å². The second-order valence-corrected chi connectivity index (χ2v) is 4.42. The van der Waals surface area contributed by atoms with Crippen molar-refractivity contribution >= 4 is 22.9 Å². The normalized spacial score (nSPS) is 10.5. The lowest BCUT2D eigenvalue weighted by Crippen LogP contribution is -2.16. The van der Waals surface area contributed by atoms with Gasteiger partial charge in [-0.2, -0.15) is 0 Å². The van der Waals surface area contributed by atoms with Crippen LogP contribution >= 0.6 is 0 Å². The summed E-state index contributed by atoms with van der Waals surface area (Å²) in [5.41, 5.74) is 0.393. The summed E-state index contributed by atoms with van der Waals surface area (Å²) in [6, 6.07) is 6.76. The van der Waals surface area contributed by atoms with Crippen molar-refractivity contribution in [2.24, 2.45) is 0 Å². The maximum atomic E-state index is 11.5. The van der Waals surface area contributed by atoms with Crippen molar-refractivity contribution in [3.05, 3.63) is 30.0 Å². The van der Waals surface area contributed by atoms with Gasteiger partial charge in [-0.05, 0) is 18.6 Å². The second kappa shape index (κ2) is 6.78. The van der Waals surface area contributed by atoms with Gasteiger partial charge >= 0.3 is 11.9 Å². The number of carboxylic acid groups (broad SMARTS) is 1. The molecule has 0 aliphatic carbocycles. The molecule has 2 aromatic rings. The minimum atomic E-state index is -1.25. The molecule has 1 aromatic heterocycles. The Morgan fingerprint density at radius 1 is 1.29 bits per heavy atom. The number of rotatable bonds is 7. The van der Waals surface area contributed by atoms with Crippen LogP contribution in [0.1, 0.15) is 30.3 Å². The molecule has 1 aromatic carbocycles. The third-order valence-electron chi connectivity index (χ3n) is 2.84. The first-order chi connectivity index (χ1) is 10.1. The van der Waals surface area contributed by atoms with Crippen LogP contribution in [-0.4, -0.2) is 30.3 Å². The summed E-state index contributed by atoms with van der Waals surface area (Å²) < 4.78 is 15.5. The van der Waals surface area contributed by atoms with E-state index in [1.807, 2.05) is 6.92 Å². The molecule has 0 unspecified atom stereocenters. The predicted octanol–water partition coefficient (Wildman–Crippen LogP) is 2.85. The number of hydrogen-bond donors (Lipinski definition) is 1. The molecule has 1 heterocycles. The number of fused-ring (bicyclic) bond motifs is 1. The molecule has 0 fully saturated rings. The fourth-order valence-corrected chi connectivity index (χ4v) is 1.81. The highest BCUT2D eigenvalue weighted by Gasteiger charge is 2.22. The first kappa shape index (κ1) is 14.9. The van der Waals surface area contributed by atoms with Gasteiger partial charge in [0.05, 0.1) is 12.0 Å². The summed E-state index contributed by atoms with van der Waals surface area (Å²) in [5.74, 6) is -2.06. The quantitative estimate of drug-likeness (QED) is 0.623. The maximum Gasteiger partial charge on any atom is 0.375 e. The summed E-state index contributed by atoms with van der Waals surface area (Å²) in [5, 5.41) is 9.63. The van der Waals surface area contributed by atoms with Crippen molar-refractivity contribution in [3.63, 3.8) is 0 Å². The monoisotopic (exact) mass is 292 g/mol. The summed E-state index contributed by atoms with van der Waals surface area (Å²) in [7, 11) is 0. The van der Waals surface area contributed by atoms with E-state index >= 15 is 0 Å². The van der Waals surface area contributed by atoms with Crippen LogP contribution in [0.15, 0.2) is 28.7 Å². The standard InChI is InChI=1S/C15H16O6/c1-2-3-8-19-12(16)9-20-13-10-6-4-5-7-11(10)21-14(13)15(17)18/h4-7H,2-3,8-9H2,1H3,(H,17,18). The number of benzene rings is 1. The Hall–Kier alpha value is -2.50. The van der Waals surface area contributed by atoms with E-state index in [0.29, 0.717) is 17.6 Å². The molecule has 6 heteroatoms. The van der Waals surface area contributed by atoms with Crippen LogP contribution in [-0.2, 0) is 9.53 Å². The fraction of sp³-hybridized carbons (Fsp3) is 0.333. The summed E-state index contributed by atoms with van der Waals surface area (Å²) >= 11 is 0. The Kier molecular flexibility index (Phi) is 4.81. The van der Waals surface area contributed by atoms with Crippen LogP contribution in [0.25, 0.3) is 11.0 Å². The Labute approximate surface area is 121 Å². The number of carbonyl (C=O) groups excluding carboxylic acids is 1. The number of furan rings is 1. The number of carbonyl (C=O) groups is 2. The smallest absolute Gasteiger partial charge is 0.375 e. The van der Waals surface area contributed by atoms with Gasteiger partial charge < -0.3 is 19.0 Å². The average Bonchev–Trinajstić information content (AvgIpc) is 2.84. The Balaban J connectivity index is 2.12. The molecule has 1 N–H and O–H groups in total. The van der Waals surface area contributed by atoms with Gasteiger partial charge in [0, 0.05) is 0 Å². The minimum Gasteiger partial charge on any atom is -0.477 e. The molecule has 112 valence electrons. The first-order valence-electron chi connectivity index (χ1n) is 6.66. The summed E-state index contributed by atoms with van der Waals surface area (Å²) in [6.07, 6.45) is 1.70. The number of aromatic carboxylic acids is 1. The molecule has 0 atom stereocenters. The topological polar surface area (TPSA) is 86.0 Å². The van der Waals surface area contributed by atoms with Crippen molar-refractivity contribution in [3.8, 4) is 5.75 Å². The van der Waals surface area contributed by atoms with E-state index in [9.17, 15) is 9.59 Å². The maximum absolute atomic E-state index is 11.5. The lowest BCUT2D eigenvalue weighted by Gasteiger charge is -2.06. The molecule has 0 aliphatic rings. The van der Waals surface area contributed by atoms with E-state index in [1.165, 1.54) is 0 Å². The van der Waals surface area contributed by atoms with Crippen molar-refractivity contribution in [1.29, 1.82) is 0 Å². The van der Waals surface area contributed by atoms with Crippen LogP contribution < -0.4 is 4.74 Å². The number of para-hydroxylation sites is 1. The van der Waals surface area contributed by atoms with Crippen molar-refractivity contribution in [2.75, 3.05) is 13.2 Å².